The molecule has 0 aromatic carbocycles. The van der Waals surface area contributed by atoms with Gasteiger partial charge >= 0.3 is 0 Å². The van der Waals surface area contributed by atoms with E-state index in [4.69, 9.17) is 4.84 Å². The molecule has 0 radical (unpaired) electrons. The summed E-state index contributed by atoms with van der Waals surface area (Å²) >= 11 is 0. The van der Waals surface area contributed by atoms with Crippen molar-refractivity contribution in [3.05, 3.63) is 0 Å². The highest BCUT2D eigenvalue weighted by Crippen LogP contribution is 2.32. The molecule has 7 heavy (non-hydrogen) atoms. The molecule has 2 saturated heterocycles. The van der Waals surface area contributed by atoms with E-state index in [1.165, 1.54) is 5.06 Å². The number of fused-ring (bicyclic) bond motifs is 1. The van der Waals surface area contributed by atoms with E-state index in [2.05, 4.69) is 0 Å². The highest BCUT2D eigenvalue weighted by molar-refractivity contribution is 5.79. The van der Waals surface area contributed by atoms with Gasteiger partial charge in [-0.3, -0.25) is 4.79 Å². The van der Waals surface area contributed by atoms with E-state index in [0.29, 0.717) is 6.42 Å². The first kappa shape index (κ1) is 3.43. The van der Waals surface area contributed by atoms with Crippen molar-refractivity contribution < 1.29 is 9.63 Å². The Morgan fingerprint density at radius 2 is 2.71 bits per heavy atom. The molecule has 0 bridgehead atoms. The van der Waals surface area contributed by atoms with Crippen LogP contribution in [0.4, 0.5) is 0 Å². The van der Waals surface area contributed by atoms with Gasteiger partial charge in [0.15, 0.2) is 6.23 Å². The monoisotopic (exact) mass is 99.0 g/mol. The number of rotatable bonds is 0. The number of hydrogen-bond acceptors (Lipinski definition) is 2. The summed E-state index contributed by atoms with van der Waals surface area (Å²) in [5.74, 6) is 0.144. The largest absolute Gasteiger partial charge is 0.272 e. The molecule has 0 aromatic heterocycles. The molecule has 0 spiro atoms. The lowest BCUT2D eigenvalue weighted by Crippen LogP contribution is -2.02. The standard InChI is InChI=1S/C4H5NO2/c6-3-1-2-4-5(3)7-4/h4H,1-2H2. The zero-order chi connectivity index (χ0) is 4.85. The van der Waals surface area contributed by atoms with Gasteiger partial charge in [-0.25, -0.2) is 4.84 Å². The zero-order valence-electron chi connectivity index (χ0n) is 3.76. The number of carbonyl (C=O) groups is 1. The smallest absolute Gasteiger partial charge is 0.248 e. The van der Waals surface area contributed by atoms with Crippen LogP contribution in [0.2, 0.25) is 0 Å². The molecule has 0 saturated carbocycles. The van der Waals surface area contributed by atoms with Crippen molar-refractivity contribution in [1.29, 1.82) is 0 Å². The summed E-state index contributed by atoms with van der Waals surface area (Å²) in [5.41, 5.74) is 0. The minimum atomic E-state index is 0.144. The van der Waals surface area contributed by atoms with Gasteiger partial charge in [0.25, 0.3) is 0 Å². The van der Waals surface area contributed by atoms with Crippen molar-refractivity contribution in [2.45, 2.75) is 19.1 Å². The van der Waals surface area contributed by atoms with E-state index in [-0.39, 0.29) is 12.1 Å². The average molecular weight is 99.1 g/mol. The highest BCUT2D eigenvalue weighted by atomic mass is 16.8. The van der Waals surface area contributed by atoms with Crippen LogP contribution in [-0.4, -0.2) is 17.2 Å². The van der Waals surface area contributed by atoms with E-state index >= 15 is 0 Å². The van der Waals surface area contributed by atoms with Gasteiger partial charge in [0.05, 0.1) is 0 Å². The second-order valence-corrected chi connectivity index (χ2v) is 1.82. The summed E-state index contributed by atoms with van der Waals surface area (Å²) in [6, 6.07) is 0. The van der Waals surface area contributed by atoms with Gasteiger partial charge in [-0.2, -0.15) is 5.06 Å². The fourth-order valence-corrected chi connectivity index (χ4v) is 0.850. The molecule has 2 aliphatic heterocycles. The van der Waals surface area contributed by atoms with Crippen molar-refractivity contribution in [1.82, 2.24) is 5.06 Å². The normalized spacial score (nSPS) is 36.3. The molecule has 1 atom stereocenters. The van der Waals surface area contributed by atoms with Gasteiger partial charge in [0.1, 0.15) is 0 Å². The van der Waals surface area contributed by atoms with Crippen LogP contribution in [0, 0.1) is 0 Å². The second kappa shape index (κ2) is 0.816. The van der Waals surface area contributed by atoms with Crippen LogP contribution in [0.25, 0.3) is 0 Å². The Bertz CT molecular complexity index is 123. The Hall–Kier alpha value is -0.570. The highest BCUT2D eigenvalue weighted by Gasteiger charge is 2.46. The molecule has 0 N–H and O–H groups in total. The summed E-state index contributed by atoms with van der Waals surface area (Å²) in [7, 11) is 0. The molecule has 2 aliphatic rings. The molecule has 38 valence electrons. The van der Waals surface area contributed by atoms with Crippen LogP contribution in [-0.2, 0) is 9.63 Å². The van der Waals surface area contributed by atoms with Gasteiger partial charge < -0.3 is 0 Å². The molecule has 1 unspecified atom stereocenters. The molecule has 0 aliphatic carbocycles. The molecule has 3 nitrogen and oxygen atoms in total. The van der Waals surface area contributed by atoms with Gasteiger partial charge in [-0.15, -0.1) is 0 Å². The minimum absolute atomic E-state index is 0.144. The molecular weight excluding hydrogens is 94.0 g/mol. The maximum Gasteiger partial charge on any atom is 0.248 e. The van der Waals surface area contributed by atoms with Crippen molar-refractivity contribution in [2.75, 3.05) is 0 Å². The van der Waals surface area contributed by atoms with E-state index in [9.17, 15) is 4.79 Å². The van der Waals surface area contributed by atoms with E-state index in [1.807, 2.05) is 0 Å². The molecule has 2 fully saturated rings. The van der Waals surface area contributed by atoms with Gasteiger partial charge in [-0.1, -0.05) is 0 Å². The fraction of sp³-hybridized carbons (Fsp3) is 0.750. The summed E-state index contributed by atoms with van der Waals surface area (Å²) in [4.78, 5) is 15.2. The van der Waals surface area contributed by atoms with Gasteiger partial charge in [0.2, 0.25) is 5.91 Å². The molecule has 2 rings (SSSR count). The summed E-state index contributed by atoms with van der Waals surface area (Å²) < 4.78 is 0. The number of hydroxylamine groups is 2. The maximum absolute atomic E-state index is 10.4. The fourth-order valence-electron chi connectivity index (χ4n) is 0.850. The van der Waals surface area contributed by atoms with Crippen molar-refractivity contribution in [3.8, 4) is 0 Å². The van der Waals surface area contributed by atoms with E-state index in [1.54, 1.807) is 0 Å². The lowest BCUT2D eigenvalue weighted by molar-refractivity contribution is -0.131. The number of hydrogen-bond donors (Lipinski definition) is 0. The zero-order valence-corrected chi connectivity index (χ0v) is 3.76. The Balaban J connectivity index is 2.21. The number of amides is 1. The molecule has 2 heterocycles. The summed E-state index contributed by atoms with van der Waals surface area (Å²) in [6.07, 6.45) is 1.76. The third-order valence-corrected chi connectivity index (χ3v) is 1.30. The Morgan fingerprint density at radius 3 is 2.86 bits per heavy atom. The SMILES string of the molecule is O=C1CCC2ON12. The van der Waals surface area contributed by atoms with Crippen molar-refractivity contribution in [2.24, 2.45) is 0 Å². The third-order valence-electron chi connectivity index (χ3n) is 1.30. The number of carbonyl (C=O) groups excluding carboxylic acids is 1. The minimum Gasteiger partial charge on any atom is -0.272 e. The predicted molar refractivity (Wildman–Crippen MR) is 21.0 cm³/mol. The first-order chi connectivity index (χ1) is 3.38. The van der Waals surface area contributed by atoms with Crippen LogP contribution in [0.5, 0.6) is 0 Å². The van der Waals surface area contributed by atoms with Gasteiger partial charge in [-0.05, 0) is 0 Å². The topological polar surface area (TPSA) is 32.6 Å². The van der Waals surface area contributed by atoms with E-state index in [0.717, 1.165) is 6.42 Å². The van der Waals surface area contributed by atoms with Crippen molar-refractivity contribution >= 4 is 5.91 Å². The van der Waals surface area contributed by atoms with Crippen LogP contribution in [0.1, 0.15) is 12.8 Å². The lowest BCUT2D eigenvalue weighted by Gasteiger charge is -1.83. The molecule has 0 aromatic rings. The number of nitrogens with zero attached hydrogens (tertiary/aromatic N) is 1. The van der Waals surface area contributed by atoms with Crippen molar-refractivity contribution in [3.63, 3.8) is 0 Å². The Morgan fingerprint density at radius 1 is 1.86 bits per heavy atom. The van der Waals surface area contributed by atoms with Gasteiger partial charge in [0, 0.05) is 12.8 Å². The second-order valence-electron chi connectivity index (χ2n) is 1.82. The maximum atomic E-state index is 10.4. The molecule has 3 heteroatoms. The summed E-state index contributed by atoms with van der Waals surface area (Å²) in [5, 5.41) is 1.43. The van der Waals surface area contributed by atoms with Crippen LogP contribution < -0.4 is 0 Å². The average Bonchev–Trinajstić information content (AvgIpc) is 2.33. The quantitative estimate of drug-likeness (QED) is 0.396. The predicted octanol–water partition coefficient (Wildman–Crippen LogP) is -0.120. The first-order valence-corrected chi connectivity index (χ1v) is 2.37. The molecular formula is C4H5NO2. The Kier molecular flexibility index (Phi) is 0.400. The first-order valence-electron chi connectivity index (χ1n) is 2.37. The van der Waals surface area contributed by atoms with Crippen LogP contribution in [0.3, 0.4) is 0 Å². The van der Waals surface area contributed by atoms with Crippen LogP contribution >= 0.6 is 0 Å². The van der Waals surface area contributed by atoms with Crippen LogP contribution in [0.15, 0.2) is 0 Å². The third kappa shape index (κ3) is 0.307. The van der Waals surface area contributed by atoms with E-state index < -0.39 is 0 Å². The Labute approximate surface area is 40.8 Å². The molecule has 1 amide bonds. The lowest BCUT2D eigenvalue weighted by atomic mass is 10.4. The summed E-state index contributed by atoms with van der Waals surface area (Å²) in [6.45, 7) is 0.